The van der Waals surface area contributed by atoms with Gasteiger partial charge in [0.25, 0.3) is 0 Å². The maximum absolute atomic E-state index is 10.8. The van der Waals surface area contributed by atoms with Crippen molar-refractivity contribution in [1.29, 1.82) is 0 Å². The second-order valence-electron chi connectivity index (χ2n) is 1.97. The average Bonchev–Trinajstić information content (AvgIpc) is 1.99. The molecule has 3 N–H and O–H groups in total. The van der Waals surface area contributed by atoms with Crippen LogP contribution in [-0.2, 0) is 4.79 Å². The van der Waals surface area contributed by atoms with E-state index in [0.29, 0.717) is 0 Å². The zero-order valence-electron chi connectivity index (χ0n) is 5.50. The molecule has 1 atom stereocenters. The average molecular weight is 183 g/mol. The van der Waals surface area contributed by atoms with E-state index in [1.165, 1.54) is 0 Å². The van der Waals surface area contributed by atoms with Gasteiger partial charge in [-0.3, -0.25) is 4.79 Å². The first-order valence-electron chi connectivity index (χ1n) is 2.92. The summed E-state index contributed by atoms with van der Waals surface area (Å²) in [6, 6.07) is -0.294. The van der Waals surface area contributed by atoms with Crippen LogP contribution in [-0.4, -0.2) is 30.0 Å². The Kier molecular flexibility index (Phi) is 4.85. The highest BCUT2D eigenvalue weighted by Gasteiger charge is 2.14. The summed E-state index contributed by atoms with van der Waals surface area (Å²) in [4.78, 5) is 10.8. The Hall–Kier alpha value is 0.0700. The van der Waals surface area contributed by atoms with Crippen molar-refractivity contribution in [2.45, 2.75) is 6.04 Å². The predicted molar refractivity (Wildman–Crippen MR) is 45.6 cm³/mol. The third-order valence-electron chi connectivity index (χ3n) is 1.18. The van der Waals surface area contributed by atoms with Crippen LogP contribution in [0, 0.1) is 0 Å². The molecule has 1 aliphatic rings. The Morgan fingerprint density at radius 3 is 3.10 bits per heavy atom. The van der Waals surface area contributed by atoms with Crippen LogP contribution in [0.2, 0.25) is 0 Å². The predicted octanol–water partition coefficient (Wildman–Crippen LogP) is -0.402. The number of hydrogen-bond donors (Lipinski definition) is 2. The van der Waals surface area contributed by atoms with Gasteiger partial charge in [0.2, 0.25) is 5.91 Å². The number of carbonyl (C=O) groups excluding carboxylic acids is 1. The van der Waals surface area contributed by atoms with Gasteiger partial charge in [-0.25, -0.2) is 0 Å². The highest BCUT2D eigenvalue weighted by molar-refractivity contribution is 7.99. The lowest BCUT2D eigenvalue weighted by atomic mass is 10.3. The normalized spacial score (nSPS) is 26.1. The van der Waals surface area contributed by atoms with Crippen molar-refractivity contribution in [1.82, 2.24) is 5.32 Å². The summed E-state index contributed by atoms with van der Waals surface area (Å²) in [5.41, 5.74) is 5.45. The van der Waals surface area contributed by atoms with E-state index in [4.69, 9.17) is 5.73 Å². The van der Waals surface area contributed by atoms with Gasteiger partial charge in [-0.2, -0.15) is 11.8 Å². The number of amides is 1. The summed E-state index contributed by atoms with van der Waals surface area (Å²) in [5, 5.41) is 2.71. The van der Waals surface area contributed by atoms with Gasteiger partial charge in [0.15, 0.2) is 0 Å². The molecule has 0 aromatic rings. The minimum Gasteiger partial charge on any atom is -0.354 e. The van der Waals surface area contributed by atoms with Gasteiger partial charge in [-0.15, -0.1) is 12.4 Å². The summed E-state index contributed by atoms with van der Waals surface area (Å²) in [5.74, 6) is 1.73. The number of halogens is 1. The molecule has 0 aromatic carbocycles. The van der Waals surface area contributed by atoms with Gasteiger partial charge in [0.05, 0.1) is 6.04 Å². The maximum Gasteiger partial charge on any atom is 0.237 e. The minimum atomic E-state index is -0.294. The van der Waals surface area contributed by atoms with E-state index in [9.17, 15) is 4.79 Å². The fourth-order valence-electron chi connectivity index (χ4n) is 0.663. The topological polar surface area (TPSA) is 55.1 Å². The largest absolute Gasteiger partial charge is 0.354 e. The van der Waals surface area contributed by atoms with Crippen molar-refractivity contribution in [3.63, 3.8) is 0 Å². The summed E-state index contributed by atoms with van der Waals surface area (Å²) < 4.78 is 0. The maximum atomic E-state index is 10.8. The summed E-state index contributed by atoms with van der Waals surface area (Å²) in [7, 11) is 0. The molecule has 0 aromatic heterocycles. The number of thioether (sulfide) groups is 1. The molecule has 10 heavy (non-hydrogen) atoms. The smallest absolute Gasteiger partial charge is 0.237 e. The quantitative estimate of drug-likeness (QED) is 0.536. The van der Waals surface area contributed by atoms with Crippen molar-refractivity contribution < 1.29 is 4.79 Å². The van der Waals surface area contributed by atoms with E-state index in [1.807, 2.05) is 0 Å². The second-order valence-corrected chi connectivity index (χ2v) is 3.12. The standard InChI is InChI=1S/C5H10N2OS.ClH/c6-4-3-9-2-1-7-5(4)8;/h4H,1-3,6H2,(H,7,8);1H. The summed E-state index contributed by atoms with van der Waals surface area (Å²) in [6.45, 7) is 0.761. The summed E-state index contributed by atoms with van der Waals surface area (Å²) in [6.07, 6.45) is 0. The van der Waals surface area contributed by atoms with Crippen LogP contribution in [0.15, 0.2) is 0 Å². The molecule has 1 fully saturated rings. The lowest BCUT2D eigenvalue weighted by molar-refractivity contribution is -0.121. The highest BCUT2D eigenvalue weighted by atomic mass is 35.5. The van der Waals surface area contributed by atoms with Crippen molar-refractivity contribution in [3.05, 3.63) is 0 Å². The molecular formula is C5H11ClN2OS. The zero-order chi connectivity index (χ0) is 6.69. The zero-order valence-corrected chi connectivity index (χ0v) is 7.13. The molecule has 1 aliphatic heterocycles. The monoisotopic (exact) mass is 182 g/mol. The van der Waals surface area contributed by atoms with Crippen LogP contribution in [0.5, 0.6) is 0 Å². The first-order valence-corrected chi connectivity index (χ1v) is 4.07. The molecule has 1 saturated heterocycles. The Labute approximate surface area is 70.5 Å². The van der Waals surface area contributed by atoms with Crippen LogP contribution < -0.4 is 11.1 Å². The third-order valence-corrected chi connectivity index (χ3v) is 2.27. The molecule has 0 radical (unpaired) electrons. The number of nitrogens with two attached hydrogens (primary N) is 1. The third kappa shape index (κ3) is 2.77. The molecular weight excluding hydrogens is 172 g/mol. The number of carbonyl (C=O) groups is 1. The molecule has 5 heteroatoms. The van der Waals surface area contributed by atoms with Gasteiger partial charge in [0.1, 0.15) is 0 Å². The van der Waals surface area contributed by atoms with Crippen molar-refractivity contribution in [2.75, 3.05) is 18.1 Å². The molecule has 1 heterocycles. The molecule has 60 valence electrons. The fraction of sp³-hybridized carbons (Fsp3) is 0.800. The SMILES string of the molecule is Cl.NC1CSCCNC1=O. The number of nitrogens with one attached hydrogen (secondary N) is 1. The van der Waals surface area contributed by atoms with Crippen LogP contribution in [0.1, 0.15) is 0 Å². The van der Waals surface area contributed by atoms with Crippen molar-refractivity contribution in [3.8, 4) is 0 Å². The Morgan fingerprint density at radius 1 is 1.70 bits per heavy atom. The molecule has 1 rings (SSSR count). The highest BCUT2D eigenvalue weighted by Crippen LogP contribution is 2.03. The van der Waals surface area contributed by atoms with Crippen LogP contribution >= 0.6 is 24.2 Å². The van der Waals surface area contributed by atoms with E-state index < -0.39 is 0 Å². The molecule has 0 saturated carbocycles. The van der Waals surface area contributed by atoms with Gasteiger partial charge in [-0.1, -0.05) is 0 Å². The van der Waals surface area contributed by atoms with E-state index >= 15 is 0 Å². The van der Waals surface area contributed by atoms with Gasteiger partial charge in [0, 0.05) is 18.1 Å². The first-order chi connectivity index (χ1) is 4.30. The fourth-order valence-corrected chi connectivity index (χ4v) is 1.48. The van der Waals surface area contributed by atoms with Crippen LogP contribution in [0.25, 0.3) is 0 Å². The molecule has 0 spiro atoms. The van der Waals surface area contributed by atoms with E-state index in [-0.39, 0.29) is 24.4 Å². The molecule has 0 aliphatic carbocycles. The Morgan fingerprint density at radius 2 is 2.40 bits per heavy atom. The Bertz CT molecular complexity index is 122. The van der Waals surface area contributed by atoms with Gasteiger partial charge >= 0.3 is 0 Å². The molecule has 1 amide bonds. The molecule has 0 bridgehead atoms. The second kappa shape index (κ2) is 4.82. The van der Waals surface area contributed by atoms with Gasteiger partial charge < -0.3 is 11.1 Å². The van der Waals surface area contributed by atoms with Crippen LogP contribution in [0.4, 0.5) is 0 Å². The molecule has 3 nitrogen and oxygen atoms in total. The van der Waals surface area contributed by atoms with E-state index in [0.717, 1.165) is 18.1 Å². The molecule has 1 unspecified atom stereocenters. The minimum absolute atomic E-state index is 0. The van der Waals surface area contributed by atoms with Crippen molar-refractivity contribution >= 4 is 30.1 Å². The van der Waals surface area contributed by atoms with E-state index in [2.05, 4.69) is 5.32 Å². The van der Waals surface area contributed by atoms with Crippen molar-refractivity contribution in [2.24, 2.45) is 5.73 Å². The lowest BCUT2D eigenvalue weighted by Gasteiger charge is -2.03. The van der Waals surface area contributed by atoms with E-state index in [1.54, 1.807) is 11.8 Å². The lowest BCUT2D eigenvalue weighted by Crippen LogP contribution is -2.40. The first kappa shape index (κ1) is 10.1. The van der Waals surface area contributed by atoms with Crippen LogP contribution in [0.3, 0.4) is 0 Å². The summed E-state index contributed by atoms with van der Waals surface area (Å²) >= 11 is 1.72. The van der Waals surface area contributed by atoms with Gasteiger partial charge in [-0.05, 0) is 0 Å². The Balaban J connectivity index is 0.000000810. The number of hydrogen-bond acceptors (Lipinski definition) is 3. The number of rotatable bonds is 0.